The number of rotatable bonds is 3. The third-order valence-electron chi connectivity index (χ3n) is 3.41. The molecule has 0 amide bonds. The van der Waals surface area contributed by atoms with E-state index in [0.717, 1.165) is 18.4 Å². The molecule has 0 bridgehead atoms. The van der Waals surface area contributed by atoms with E-state index in [2.05, 4.69) is 17.6 Å². The number of carbonyl (C=O) groups is 1. The van der Waals surface area contributed by atoms with Gasteiger partial charge >= 0.3 is 5.97 Å². The van der Waals surface area contributed by atoms with Crippen LogP contribution in [0.5, 0.6) is 0 Å². The molecule has 1 heterocycles. The Kier molecular flexibility index (Phi) is 3.19. The molecular formula is C12H15NO2S. The zero-order valence-corrected chi connectivity index (χ0v) is 9.86. The molecule has 0 saturated heterocycles. The van der Waals surface area contributed by atoms with Gasteiger partial charge in [-0.15, -0.1) is 0 Å². The molecular weight excluding hydrogens is 222 g/mol. The summed E-state index contributed by atoms with van der Waals surface area (Å²) in [7, 11) is 0. The van der Waals surface area contributed by atoms with E-state index in [9.17, 15) is 9.90 Å². The Morgan fingerprint density at radius 2 is 2.50 bits per heavy atom. The Balaban J connectivity index is 2.25. The van der Waals surface area contributed by atoms with E-state index < -0.39 is 11.4 Å². The molecule has 4 heteroatoms. The van der Waals surface area contributed by atoms with Gasteiger partial charge in [0.15, 0.2) is 0 Å². The number of thiol groups is 1. The number of pyridine rings is 1. The predicted molar refractivity (Wildman–Crippen MR) is 64.6 cm³/mol. The summed E-state index contributed by atoms with van der Waals surface area (Å²) in [5.41, 5.74) is 0.275. The van der Waals surface area contributed by atoms with Gasteiger partial charge in [0.25, 0.3) is 0 Å². The zero-order chi connectivity index (χ0) is 11.6. The third kappa shape index (κ3) is 1.94. The Morgan fingerprint density at radius 1 is 1.69 bits per heavy atom. The molecule has 0 spiro atoms. The van der Waals surface area contributed by atoms with Crippen LogP contribution in [0.3, 0.4) is 0 Å². The smallest absolute Gasteiger partial charge is 0.311 e. The molecule has 1 aliphatic rings. The van der Waals surface area contributed by atoms with Crippen molar-refractivity contribution in [2.75, 3.05) is 0 Å². The van der Waals surface area contributed by atoms with Crippen LogP contribution in [-0.4, -0.2) is 21.3 Å². The first-order valence-corrected chi connectivity index (χ1v) is 5.97. The van der Waals surface area contributed by atoms with Crippen LogP contribution in [0.2, 0.25) is 0 Å². The van der Waals surface area contributed by atoms with Gasteiger partial charge in [0, 0.05) is 17.6 Å². The fourth-order valence-electron chi connectivity index (χ4n) is 2.45. The van der Waals surface area contributed by atoms with Crippen molar-refractivity contribution in [3.63, 3.8) is 0 Å². The number of carboxylic acids is 1. The fourth-order valence-corrected chi connectivity index (χ4v) is 2.97. The highest BCUT2D eigenvalue weighted by Crippen LogP contribution is 2.44. The lowest BCUT2D eigenvalue weighted by molar-refractivity contribution is -0.148. The summed E-state index contributed by atoms with van der Waals surface area (Å²) in [5, 5.41) is 9.38. The van der Waals surface area contributed by atoms with E-state index >= 15 is 0 Å². The molecule has 2 rings (SSSR count). The van der Waals surface area contributed by atoms with Gasteiger partial charge in [-0.3, -0.25) is 9.78 Å². The van der Waals surface area contributed by atoms with Gasteiger partial charge in [-0.2, -0.15) is 12.6 Å². The first kappa shape index (κ1) is 11.5. The monoisotopic (exact) mass is 237 g/mol. The molecule has 16 heavy (non-hydrogen) atoms. The van der Waals surface area contributed by atoms with E-state index in [1.807, 2.05) is 12.1 Å². The SMILES string of the molecule is O=C(O)C1(Cc2cccnc2)CCCC1S. The second-order valence-corrected chi connectivity index (χ2v) is 5.03. The fraction of sp³-hybridized carbons (Fsp3) is 0.500. The first-order valence-electron chi connectivity index (χ1n) is 5.45. The van der Waals surface area contributed by atoms with Crippen molar-refractivity contribution in [2.24, 2.45) is 5.41 Å². The summed E-state index contributed by atoms with van der Waals surface area (Å²) in [6.07, 6.45) is 6.51. The van der Waals surface area contributed by atoms with Gasteiger partial charge in [0.05, 0.1) is 5.41 Å². The maximum Gasteiger partial charge on any atom is 0.311 e. The summed E-state index contributed by atoms with van der Waals surface area (Å²) in [4.78, 5) is 15.5. The quantitative estimate of drug-likeness (QED) is 0.792. The van der Waals surface area contributed by atoms with Crippen LogP contribution in [0.1, 0.15) is 24.8 Å². The molecule has 2 atom stereocenters. The molecule has 86 valence electrons. The van der Waals surface area contributed by atoms with E-state index in [4.69, 9.17) is 0 Å². The Bertz CT molecular complexity index is 382. The van der Waals surface area contributed by atoms with Gasteiger partial charge in [-0.05, 0) is 30.9 Å². The van der Waals surface area contributed by atoms with Crippen LogP contribution in [0.4, 0.5) is 0 Å². The lowest BCUT2D eigenvalue weighted by Gasteiger charge is -2.28. The van der Waals surface area contributed by atoms with Crippen LogP contribution in [-0.2, 0) is 11.2 Å². The zero-order valence-electron chi connectivity index (χ0n) is 8.97. The minimum atomic E-state index is -0.728. The minimum absolute atomic E-state index is 0.0507. The molecule has 1 saturated carbocycles. The lowest BCUT2D eigenvalue weighted by atomic mass is 9.80. The Hall–Kier alpha value is -1.03. The number of hydrogen-bond donors (Lipinski definition) is 2. The Labute approximate surface area is 100 Å². The van der Waals surface area contributed by atoms with Gasteiger partial charge in [0.1, 0.15) is 0 Å². The van der Waals surface area contributed by atoms with E-state index in [1.165, 1.54) is 0 Å². The average molecular weight is 237 g/mol. The van der Waals surface area contributed by atoms with Crippen LogP contribution in [0.15, 0.2) is 24.5 Å². The number of carboxylic acid groups (broad SMARTS) is 1. The van der Waals surface area contributed by atoms with Crippen molar-refractivity contribution < 1.29 is 9.90 Å². The molecule has 2 unspecified atom stereocenters. The van der Waals surface area contributed by atoms with Crippen LogP contribution in [0.25, 0.3) is 0 Å². The van der Waals surface area contributed by atoms with Crippen LogP contribution in [0, 0.1) is 5.41 Å². The number of aliphatic carboxylic acids is 1. The van der Waals surface area contributed by atoms with Gasteiger partial charge < -0.3 is 5.11 Å². The van der Waals surface area contributed by atoms with Crippen LogP contribution < -0.4 is 0 Å². The topological polar surface area (TPSA) is 50.2 Å². The van der Waals surface area contributed by atoms with Crippen molar-refractivity contribution in [1.29, 1.82) is 0 Å². The summed E-state index contributed by atoms with van der Waals surface area (Å²) < 4.78 is 0. The van der Waals surface area contributed by atoms with E-state index in [1.54, 1.807) is 12.4 Å². The number of aromatic nitrogens is 1. The van der Waals surface area contributed by atoms with Gasteiger partial charge in [-0.25, -0.2) is 0 Å². The second kappa shape index (κ2) is 4.45. The van der Waals surface area contributed by atoms with E-state index in [-0.39, 0.29) is 5.25 Å². The van der Waals surface area contributed by atoms with Crippen molar-refractivity contribution in [3.8, 4) is 0 Å². The van der Waals surface area contributed by atoms with Crippen molar-refractivity contribution >= 4 is 18.6 Å². The maximum atomic E-state index is 11.5. The molecule has 1 aromatic rings. The van der Waals surface area contributed by atoms with Crippen molar-refractivity contribution in [2.45, 2.75) is 30.9 Å². The van der Waals surface area contributed by atoms with Gasteiger partial charge in [0.2, 0.25) is 0 Å². The molecule has 3 nitrogen and oxygen atoms in total. The largest absolute Gasteiger partial charge is 0.481 e. The summed E-state index contributed by atoms with van der Waals surface area (Å²) in [5.74, 6) is -0.728. The third-order valence-corrected chi connectivity index (χ3v) is 4.16. The van der Waals surface area contributed by atoms with Gasteiger partial charge in [-0.1, -0.05) is 12.5 Å². The highest BCUT2D eigenvalue weighted by atomic mass is 32.1. The average Bonchev–Trinajstić information content (AvgIpc) is 2.63. The number of nitrogens with zero attached hydrogens (tertiary/aromatic N) is 1. The second-order valence-electron chi connectivity index (χ2n) is 4.41. The van der Waals surface area contributed by atoms with Crippen molar-refractivity contribution in [3.05, 3.63) is 30.1 Å². The normalized spacial score (nSPS) is 29.2. The molecule has 0 aromatic carbocycles. The molecule has 0 aliphatic heterocycles. The van der Waals surface area contributed by atoms with Crippen LogP contribution >= 0.6 is 12.6 Å². The minimum Gasteiger partial charge on any atom is -0.481 e. The molecule has 1 aliphatic carbocycles. The maximum absolute atomic E-state index is 11.5. The van der Waals surface area contributed by atoms with Crippen molar-refractivity contribution in [1.82, 2.24) is 4.98 Å². The molecule has 1 fully saturated rings. The Morgan fingerprint density at radius 3 is 3.00 bits per heavy atom. The van der Waals surface area contributed by atoms with E-state index in [0.29, 0.717) is 12.8 Å². The number of hydrogen-bond acceptors (Lipinski definition) is 3. The summed E-state index contributed by atoms with van der Waals surface area (Å²) >= 11 is 4.44. The molecule has 0 radical (unpaired) electrons. The predicted octanol–water partition coefficient (Wildman–Crippen LogP) is 2.18. The lowest BCUT2D eigenvalue weighted by Crippen LogP contribution is -2.37. The molecule has 1 aromatic heterocycles. The summed E-state index contributed by atoms with van der Waals surface area (Å²) in [6.45, 7) is 0. The highest BCUT2D eigenvalue weighted by Gasteiger charge is 2.47. The summed E-state index contributed by atoms with van der Waals surface area (Å²) in [6, 6.07) is 3.77. The first-order chi connectivity index (χ1) is 7.65. The standard InChI is InChI=1S/C12H15NO2S/c14-11(15)12(5-1-4-10(12)16)7-9-3-2-6-13-8-9/h2-3,6,8,10,16H,1,4-5,7H2,(H,14,15). The highest BCUT2D eigenvalue weighted by molar-refractivity contribution is 7.81. The molecule has 1 N–H and O–H groups in total.